The molecular weight excluding hydrogens is 266 g/mol. The highest BCUT2D eigenvalue weighted by Gasteiger charge is 2.24. The van der Waals surface area contributed by atoms with Crippen LogP contribution in [-0.2, 0) is 4.79 Å². The standard InChI is InChI=1S/C16H25N3O2/c17-14-7-1-2-8-15(14)18-16(21)9-11-19(10-4-12-20)13-5-3-6-13/h1-2,7-8,13,20H,3-6,9-12,17H2,(H,18,21). The molecule has 0 bridgehead atoms. The molecule has 5 heteroatoms. The van der Waals surface area contributed by atoms with Gasteiger partial charge in [0, 0.05) is 32.2 Å². The first kappa shape index (κ1) is 15.8. The fourth-order valence-corrected chi connectivity index (χ4v) is 2.57. The number of anilines is 2. The molecular formula is C16H25N3O2. The smallest absolute Gasteiger partial charge is 0.225 e. The second-order valence-corrected chi connectivity index (χ2v) is 5.58. The number of hydrogen-bond acceptors (Lipinski definition) is 4. The molecule has 0 unspecified atom stereocenters. The van der Waals surface area contributed by atoms with Crippen LogP contribution in [-0.4, -0.2) is 41.7 Å². The molecule has 4 N–H and O–H groups in total. The minimum absolute atomic E-state index is 0.0128. The summed E-state index contributed by atoms with van der Waals surface area (Å²) >= 11 is 0. The number of hydrogen-bond donors (Lipinski definition) is 3. The number of para-hydroxylation sites is 2. The van der Waals surface area contributed by atoms with Gasteiger partial charge in [0.15, 0.2) is 0 Å². The molecule has 1 aromatic rings. The number of amides is 1. The predicted molar refractivity (Wildman–Crippen MR) is 85.0 cm³/mol. The highest BCUT2D eigenvalue weighted by Crippen LogP contribution is 2.25. The van der Waals surface area contributed by atoms with E-state index in [9.17, 15) is 4.79 Å². The zero-order valence-corrected chi connectivity index (χ0v) is 12.4. The average Bonchev–Trinajstić information content (AvgIpc) is 2.42. The molecule has 0 radical (unpaired) electrons. The normalized spacial score (nSPS) is 15.0. The number of nitrogen functional groups attached to an aromatic ring is 1. The van der Waals surface area contributed by atoms with Crippen molar-refractivity contribution in [3.8, 4) is 0 Å². The van der Waals surface area contributed by atoms with Crippen molar-refractivity contribution in [2.75, 3.05) is 30.7 Å². The van der Waals surface area contributed by atoms with E-state index in [1.54, 1.807) is 6.07 Å². The average molecular weight is 291 g/mol. The number of benzene rings is 1. The fourth-order valence-electron chi connectivity index (χ4n) is 2.57. The molecule has 21 heavy (non-hydrogen) atoms. The number of rotatable bonds is 8. The lowest BCUT2D eigenvalue weighted by atomic mass is 9.91. The van der Waals surface area contributed by atoms with Crippen LogP contribution in [0.3, 0.4) is 0 Å². The number of nitrogens with one attached hydrogen (secondary N) is 1. The minimum atomic E-state index is -0.0128. The van der Waals surface area contributed by atoms with E-state index in [1.165, 1.54) is 19.3 Å². The largest absolute Gasteiger partial charge is 0.397 e. The van der Waals surface area contributed by atoms with Crippen molar-refractivity contribution in [2.24, 2.45) is 0 Å². The lowest BCUT2D eigenvalue weighted by molar-refractivity contribution is -0.116. The van der Waals surface area contributed by atoms with Crippen LogP contribution in [0, 0.1) is 0 Å². The Bertz CT molecular complexity index is 461. The van der Waals surface area contributed by atoms with Gasteiger partial charge in [-0.05, 0) is 31.4 Å². The maximum atomic E-state index is 12.0. The van der Waals surface area contributed by atoms with Crippen molar-refractivity contribution in [1.29, 1.82) is 0 Å². The van der Waals surface area contributed by atoms with E-state index in [4.69, 9.17) is 10.8 Å². The number of nitrogens with zero attached hydrogens (tertiary/aromatic N) is 1. The summed E-state index contributed by atoms with van der Waals surface area (Å²) in [5.74, 6) is -0.0128. The van der Waals surface area contributed by atoms with Crippen molar-refractivity contribution < 1.29 is 9.90 Å². The number of aliphatic hydroxyl groups excluding tert-OH is 1. The van der Waals surface area contributed by atoms with E-state index in [0.29, 0.717) is 23.8 Å². The van der Waals surface area contributed by atoms with Crippen molar-refractivity contribution in [3.05, 3.63) is 24.3 Å². The summed E-state index contributed by atoms with van der Waals surface area (Å²) in [5.41, 5.74) is 7.08. The summed E-state index contributed by atoms with van der Waals surface area (Å²) in [7, 11) is 0. The van der Waals surface area contributed by atoms with Crippen LogP contribution >= 0.6 is 0 Å². The van der Waals surface area contributed by atoms with Crippen LogP contribution < -0.4 is 11.1 Å². The van der Waals surface area contributed by atoms with Crippen LogP contribution in [0.4, 0.5) is 11.4 Å². The molecule has 5 nitrogen and oxygen atoms in total. The lowest BCUT2D eigenvalue weighted by Gasteiger charge is -2.37. The zero-order valence-electron chi connectivity index (χ0n) is 12.4. The topological polar surface area (TPSA) is 78.6 Å². The Kier molecular flexibility index (Phi) is 6.02. The van der Waals surface area contributed by atoms with E-state index in [-0.39, 0.29) is 12.5 Å². The van der Waals surface area contributed by atoms with Crippen LogP contribution in [0.2, 0.25) is 0 Å². The number of carbonyl (C=O) groups excluding carboxylic acids is 1. The summed E-state index contributed by atoms with van der Waals surface area (Å²) in [6.45, 7) is 1.81. The lowest BCUT2D eigenvalue weighted by Crippen LogP contribution is -2.42. The van der Waals surface area contributed by atoms with Gasteiger partial charge in [0.05, 0.1) is 11.4 Å². The van der Waals surface area contributed by atoms with Gasteiger partial charge in [-0.3, -0.25) is 9.69 Å². The first-order valence-electron chi connectivity index (χ1n) is 7.70. The first-order valence-corrected chi connectivity index (χ1v) is 7.70. The minimum Gasteiger partial charge on any atom is -0.397 e. The first-order chi connectivity index (χ1) is 10.2. The maximum absolute atomic E-state index is 12.0. The van der Waals surface area contributed by atoms with E-state index in [0.717, 1.165) is 19.5 Å². The molecule has 1 aliphatic rings. The molecule has 0 atom stereocenters. The molecule has 1 aliphatic carbocycles. The van der Waals surface area contributed by atoms with Gasteiger partial charge in [0.25, 0.3) is 0 Å². The molecule has 1 aromatic carbocycles. The summed E-state index contributed by atoms with van der Waals surface area (Å²) < 4.78 is 0. The van der Waals surface area contributed by atoms with Gasteiger partial charge in [-0.15, -0.1) is 0 Å². The number of aliphatic hydroxyl groups is 1. The Labute approximate surface area is 126 Å². The van der Waals surface area contributed by atoms with Crippen molar-refractivity contribution >= 4 is 17.3 Å². The third-order valence-corrected chi connectivity index (χ3v) is 4.06. The van der Waals surface area contributed by atoms with Crippen LogP contribution in [0.1, 0.15) is 32.1 Å². The van der Waals surface area contributed by atoms with E-state index in [1.807, 2.05) is 18.2 Å². The predicted octanol–water partition coefficient (Wildman–Crippen LogP) is 1.83. The van der Waals surface area contributed by atoms with Gasteiger partial charge in [0.1, 0.15) is 0 Å². The van der Waals surface area contributed by atoms with Gasteiger partial charge in [-0.1, -0.05) is 18.6 Å². The van der Waals surface area contributed by atoms with E-state index < -0.39 is 0 Å². The molecule has 1 fully saturated rings. The highest BCUT2D eigenvalue weighted by atomic mass is 16.3. The van der Waals surface area contributed by atoms with Gasteiger partial charge in [-0.25, -0.2) is 0 Å². The van der Waals surface area contributed by atoms with Crippen molar-refractivity contribution in [1.82, 2.24) is 4.90 Å². The van der Waals surface area contributed by atoms with Crippen LogP contribution in [0.25, 0.3) is 0 Å². The summed E-state index contributed by atoms with van der Waals surface area (Å²) in [5, 5.41) is 11.8. The quantitative estimate of drug-likeness (QED) is 0.639. The fraction of sp³-hybridized carbons (Fsp3) is 0.562. The molecule has 116 valence electrons. The van der Waals surface area contributed by atoms with Crippen molar-refractivity contribution in [3.63, 3.8) is 0 Å². The Morgan fingerprint density at radius 2 is 2.10 bits per heavy atom. The van der Waals surface area contributed by atoms with Gasteiger partial charge in [0.2, 0.25) is 5.91 Å². The number of carbonyl (C=O) groups is 1. The Morgan fingerprint density at radius 1 is 1.33 bits per heavy atom. The third-order valence-electron chi connectivity index (χ3n) is 4.06. The zero-order chi connectivity index (χ0) is 15.1. The van der Waals surface area contributed by atoms with Gasteiger partial charge < -0.3 is 16.2 Å². The molecule has 0 heterocycles. The summed E-state index contributed by atoms with van der Waals surface area (Å²) in [6, 6.07) is 7.87. The Morgan fingerprint density at radius 3 is 2.71 bits per heavy atom. The highest BCUT2D eigenvalue weighted by molar-refractivity contribution is 5.93. The molecule has 1 amide bonds. The van der Waals surface area contributed by atoms with Gasteiger partial charge >= 0.3 is 0 Å². The van der Waals surface area contributed by atoms with Crippen LogP contribution in [0.15, 0.2) is 24.3 Å². The molecule has 1 saturated carbocycles. The SMILES string of the molecule is Nc1ccccc1NC(=O)CCN(CCCO)C1CCC1. The second-order valence-electron chi connectivity index (χ2n) is 5.58. The maximum Gasteiger partial charge on any atom is 0.225 e. The molecule has 0 saturated heterocycles. The Hall–Kier alpha value is -1.59. The van der Waals surface area contributed by atoms with Crippen molar-refractivity contribution in [2.45, 2.75) is 38.1 Å². The Balaban J connectivity index is 1.79. The molecule has 2 rings (SSSR count). The molecule has 0 aliphatic heterocycles. The second kappa shape index (κ2) is 8.00. The number of nitrogens with two attached hydrogens (primary N) is 1. The van der Waals surface area contributed by atoms with Crippen LogP contribution in [0.5, 0.6) is 0 Å². The monoisotopic (exact) mass is 291 g/mol. The molecule has 0 aromatic heterocycles. The summed E-state index contributed by atoms with van der Waals surface area (Å²) in [4.78, 5) is 14.4. The third kappa shape index (κ3) is 4.72. The van der Waals surface area contributed by atoms with E-state index >= 15 is 0 Å². The summed E-state index contributed by atoms with van der Waals surface area (Å²) in [6.07, 6.45) is 4.91. The van der Waals surface area contributed by atoms with Gasteiger partial charge in [-0.2, -0.15) is 0 Å². The molecule has 0 spiro atoms. The van der Waals surface area contributed by atoms with E-state index in [2.05, 4.69) is 10.2 Å².